The summed E-state index contributed by atoms with van der Waals surface area (Å²) in [6, 6.07) is 5.85. The molecule has 4 nitrogen and oxygen atoms in total. The highest BCUT2D eigenvalue weighted by Crippen LogP contribution is 2.05. The zero-order chi connectivity index (χ0) is 11.4. The van der Waals surface area contributed by atoms with E-state index in [4.69, 9.17) is 0 Å². The summed E-state index contributed by atoms with van der Waals surface area (Å²) in [5, 5.41) is 2.57. The lowest BCUT2D eigenvalue weighted by Crippen LogP contribution is -2.24. The molecule has 0 fully saturated rings. The molecule has 1 heterocycles. The van der Waals surface area contributed by atoms with Crippen LogP contribution in [0.25, 0.3) is 0 Å². The number of nitrogens with zero attached hydrogens (tertiary/aromatic N) is 1. The van der Waals surface area contributed by atoms with Crippen LogP contribution >= 0.6 is 0 Å². The van der Waals surface area contributed by atoms with Gasteiger partial charge < -0.3 is 10.3 Å². The molecule has 0 saturated heterocycles. The van der Waals surface area contributed by atoms with Crippen molar-refractivity contribution in [1.29, 1.82) is 0 Å². The van der Waals surface area contributed by atoms with Gasteiger partial charge in [0.05, 0.1) is 12.1 Å². The van der Waals surface area contributed by atoms with Gasteiger partial charge >= 0.3 is 0 Å². The van der Waals surface area contributed by atoms with E-state index >= 15 is 0 Å². The number of hydrogen-bond acceptors (Lipinski definition) is 2. The summed E-state index contributed by atoms with van der Waals surface area (Å²) in [6.07, 6.45) is 3.25. The quantitative estimate of drug-likeness (QED) is 0.821. The number of rotatable bonds is 3. The Morgan fingerprint density at radius 3 is 2.94 bits per heavy atom. The highest BCUT2D eigenvalue weighted by molar-refractivity contribution is 5.94. The van der Waals surface area contributed by atoms with Crippen molar-refractivity contribution in [2.75, 3.05) is 0 Å². The van der Waals surface area contributed by atoms with E-state index in [-0.39, 0.29) is 12.1 Å². The van der Waals surface area contributed by atoms with Gasteiger partial charge in [-0.25, -0.2) is 9.37 Å². The molecule has 0 bridgehead atoms. The van der Waals surface area contributed by atoms with Crippen molar-refractivity contribution in [3.8, 4) is 0 Å². The lowest BCUT2D eigenvalue weighted by Gasteiger charge is -2.03. The lowest BCUT2D eigenvalue weighted by molar-refractivity contribution is 0.0946. The number of hydrogen-bond donors (Lipinski definition) is 2. The Labute approximate surface area is 91.5 Å². The second kappa shape index (κ2) is 4.57. The summed E-state index contributed by atoms with van der Waals surface area (Å²) in [5.74, 6) is -0.348. The smallest absolute Gasteiger partial charge is 0.254 e. The summed E-state index contributed by atoms with van der Waals surface area (Å²) in [4.78, 5) is 18.3. The van der Waals surface area contributed by atoms with E-state index in [1.54, 1.807) is 24.5 Å². The van der Waals surface area contributed by atoms with E-state index in [1.807, 2.05) is 0 Å². The van der Waals surface area contributed by atoms with Crippen molar-refractivity contribution in [1.82, 2.24) is 15.3 Å². The minimum Gasteiger partial charge on any atom is -0.347 e. The van der Waals surface area contributed by atoms with Crippen LogP contribution in [-0.2, 0) is 6.54 Å². The number of carbonyl (C=O) groups excluding carboxylic acids is 1. The van der Waals surface area contributed by atoms with Crippen LogP contribution in [0.2, 0.25) is 0 Å². The van der Waals surface area contributed by atoms with Crippen LogP contribution in [0, 0.1) is 5.82 Å². The number of aromatic nitrogens is 2. The Hall–Kier alpha value is -2.17. The third-order valence-corrected chi connectivity index (χ3v) is 2.09. The Morgan fingerprint density at radius 1 is 1.44 bits per heavy atom. The van der Waals surface area contributed by atoms with Crippen LogP contribution in [0.3, 0.4) is 0 Å². The molecule has 16 heavy (non-hydrogen) atoms. The van der Waals surface area contributed by atoms with Gasteiger partial charge in [-0.15, -0.1) is 0 Å². The van der Waals surface area contributed by atoms with Crippen LogP contribution < -0.4 is 5.32 Å². The first-order chi connectivity index (χ1) is 7.77. The molecule has 0 aliphatic rings. The van der Waals surface area contributed by atoms with Crippen molar-refractivity contribution in [2.45, 2.75) is 6.54 Å². The van der Waals surface area contributed by atoms with Crippen LogP contribution in [0.5, 0.6) is 0 Å². The number of benzene rings is 1. The molecule has 0 saturated carbocycles. The largest absolute Gasteiger partial charge is 0.347 e. The van der Waals surface area contributed by atoms with Crippen molar-refractivity contribution in [3.63, 3.8) is 0 Å². The maximum Gasteiger partial charge on any atom is 0.254 e. The van der Waals surface area contributed by atoms with Crippen molar-refractivity contribution in [3.05, 3.63) is 53.9 Å². The molecule has 5 heteroatoms. The summed E-state index contributed by atoms with van der Waals surface area (Å²) in [7, 11) is 0. The zero-order valence-corrected chi connectivity index (χ0v) is 8.40. The van der Waals surface area contributed by atoms with Gasteiger partial charge in [-0.05, 0) is 12.1 Å². The Morgan fingerprint density at radius 2 is 2.25 bits per heavy atom. The van der Waals surface area contributed by atoms with Gasteiger partial charge in [0.15, 0.2) is 0 Å². The van der Waals surface area contributed by atoms with E-state index in [1.165, 1.54) is 12.1 Å². The molecule has 82 valence electrons. The Bertz CT molecular complexity index is 482. The van der Waals surface area contributed by atoms with Gasteiger partial charge in [-0.3, -0.25) is 4.79 Å². The molecule has 2 rings (SSSR count). The number of amides is 1. The number of H-pyrrole nitrogens is 1. The second-order valence-electron chi connectivity index (χ2n) is 3.20. The summed E-state index contributed by atoms with van der Waals surface area (Å²) >= 11 is 0. The molecule has 2 aromatic rings. The molecular weight excluding hydrogens is 209 g/mol. The summed E-state index contributed by atoms with van der Waals surface area (Å²) < 4.78 is 13.2. The van der Waals surface area contributed by atoms with Crippen LogP contribution in [-0.4, -0.2) is 15.9 Å². The molecule has 1 aromatic heterocycles. The third kappa shape index (κ3) is 2.25. The van der Waals surface area contributed by atoms with Gasteiger partial charge in [0.2, 0.25) is 0 Å². The normalized spacial score (nSPS) is 10.1. The molecule has 0 atom stereocenters. The monoisotopic (exact) mass is 219 g/mol. The van der Waals surface area contributed by atoms with Crippen LogP contribution in [0.1, 0.15) is 16.2 Å². The predicted octanol–water partition coefficient (Wildman–Crippen LogP) is 1.48. The molecule has 0 spiro atoms. The van der Waals surface area contributed by atoms with Gasteiger partial charge in [0.25, 0.3) is 5.91 Å². The van der Waals surface area contributed by atoms with Crippen LogP contribution in [0.4, 0.5) is 4.39 Å². The van der Waals surface area contributed by atoms with Gasteiger partial charge in [-0.2, -0.15) is 0 Å². The molecule has 1 aromatic carbocycles. The van der Waals surface area contributed by atoms with E-state index < -0.39 is 11.7 Å². The summed E-state index contributed by atoms with van der Waals surface area (Å²) in [6.45, 7) is 0.250. The molecule has 0 aliphatic carbocycles. The molecular formula is C11H10FN3O. The van der Waals surface area contributed by atoms with Crippen molar-refractivity contribution < 1.29 is 9.18 Å². The van der Waals surface area contributed by atoms with Crippen LogP contribution in [0.15, 0.2) is 36.7 Å². The maximum atomic E-state index is 13.2. The average Bonchev–Trinajstić information content (AvgIpc) is 2.79. The molecule has 0 aliphatic heterocycles. The summed E-state index contributed by atoms with van der Waals surface area (Å²) in [5.41, 5.74) is 0.0362. The van der Waals surface area contributed by atoms with Gasteiger partial charge in [-0.1, -0.05) is 12.1 Å². The zero-order valence-electron chi connectivity index (χ0n) is 8.40. The minimum absolute atomic E-state index is 0.0362. The first-order valence-electron chi connectivity index (χ1n) is 4.78. The molecule has 0 unspecified atom stereocenters. The first kappa shape index (κ1) is 10.4. The Balaban J connectivity index is 2.01. The fraction of sp³-hybridized carbons (Fsp3) is 0.0909. The number of nitrogens with one attached hydrogen (secondary N) is 2. The number of aromatic amines is 1. The van der Waals surface area contributed by atoms with Gasteiger partial charge in [0, 0.05) is 12.4 Å². The fourth-order valence-corrected chi connectivity index (χ4v) is 1.30. The first-order valence-corrected chi connectivity index (χ1v) is 4.78. The Kier molecular flexibility index (Phi) is 2.95. The van der Waals surface area contributed by atoms with E-state index in [2.05, 4.69) is 15.3 Å². The topological polar surface area (TPSA) is 57.8 Å². The van der Waals surface area contributed by atoms with Gasteiger partial charge in [0.1, 0.15) is 11.6 Å². The number of halogens is 1. The SMILES string of the molecule is O=C(NCc1ncc[nH]1)c1ccccc1F. The number of imidazole rings is 1. The highest BCUT2D eigenvalue weighted by atomic mass is 19.1. The van der Waals surface area contributed by atoms with Crippen molar-refractivity contribution in [2.24, 2.45) is 0 Å². The standard InChI is InChI=1S/C11H10FN3O/c12-9-4-2-1-3-8(9)11(16)15-7-10-13-5-6-14-10/h1-6H,7H2,(H,13,14)(H,15,16). The average molecular weight is 219 g/mol. The molecule has 2 N–H and O–H groups in total. The lowest BCUT2D eigenvalue weighted by atomic mass is 10.2. The fourth-order valence-electron chi connectivity index (χ4n) is 1.30. The van der Waals surface area contributed by atoms with Crippen molar-refractivity contribution >= 4 is 5.91 Å². The van der Waals surface area contributed by atoms with E-state index in [0.717, 1.165) is 0 Å². The maximum absolute atomic E-state index is 13.2. The predicted molar refractivity (Wildman–Crippen MR) is 56.2 cm³/mol. The highest BCUT2D eigenvalue weighted by Gasteiger charge is 2.10. The molecule has 1 amide bonds. The number of carbonyl (C=O) groups is 1. The van der Waals surface area contributed by atoms with E-state index in [0.29, 0.717) is 5.82 Å². The van der Waals surface area contributed by atoms with E-state index in [9.17, 15) is 9.18 Å². The molecule has 0 radical (unpaired) electrons. The third-order valence-electron chi connectivity index (χ3n) is 2.09. The minimum atomic E-state index is -0.528. The second-order valence-corrected chi connectivity index (χ2v) is 3.20.